The van der Waals surface area contributed by atoms with Crippen LogP contribution >= 0.6 is 22.6 Å². The summed E-state index contributed by atoms with van der Waals surface area (Å²) in [6.45, 7) is 0. The van der Waals surface area contributed by atoms with Crippen molar-refractivity contribution in [3.63, 3.8) is 0 Å². The van der Waals surface area contributed by atoms with Crippen LogP contribution in [0.5, 0.6) is 0 Å². The summed E-state index contributed by atoms with van der Waals surface area (Å²) in [6, 6.07) is 32.3. The lowest BCUT2D eigenvalue weighted by Crippen LogP contribution is -2.23. The fourth-order valence-electron chi connectivity index (χ4n) is 5.27. The third-order valence-electron chi connectivity index (χ3n) is 7.63. The highest BCUT2D eigenvalue weighted by Crippen LogP contribution is 2.25. The molecule has 5 rings (SSSR count). The minimum Gasteiger partial charge on any atom is -0.478 e. The van der Waals surface area contributed by atoms with Crippen LogP contribution < -0.4 is 5.32 Å². The first kappa shape index (κ1) is 31.3. The van der Waals surface area contributed by atoms with Crippen molar-refractivity contribution in [3.8, 4) is 0 Å². The molecule has 0 aliphatic heterocycles. The number of nitrogens with one attached hydrogen (secondary N) is 1. The van der Waals surface area contributed by atoms with Crippen molar-refractivity contribution in [1.82, 2.24) is 0 Å². The molecular weight excluding hydrogens is 637 g/mol. The van der Waals surface area contributed by atoms with Crippen LogP contribution in [0.25, 0.3) is 0 Å². The smallest absolute Gasteiger partial charge is 0.337 e. The second-order valence-electron chi connectivity index (χ2n) is 10.8. The van der Waals surface area contributed by atoms with Crippen molar-refractivity contribution in [2.24, 2.45) is 0 Å². The zero-order valence-corrected chi connectivity index (χ0v) is 25.9. The van der Waals surface area contributed by atoms with E-state index in [9.17, 15) is 14.7 Å². The Kier molecular flexibility index (Phi) is 12.0. The van der Waals surface area contributed by atoms with Gasteiger partial charge in [0.15, 0.2) is 0 Å². The van der Waals surface area contributed by atoms with Crippen LogP contribution in [0.3, 0.4) is 0 Å². The summed E-state index contributed by atoms with van der Waals surface area (Å²) < 4.78 is 0.797. The quantitative estimate of drug-likeness (QED) is 0.147. The van der Waals surface area contributed by atoms with Crippen LogP contribution in [0.15, 0.2) is 97.1 Å². The summed E-state index contributed by atoms with van der Waals surface area (Å²) in [6.07, 6.45) is 9.81. The maximum atomic E-state index is 11.5. The average Bonchev–Trinajstić information content (AvgIpc) is 3.01. The lowest BCUT2D eigenvalue weighted by atomic mass is 9.94. The SMILES string of the molecule is O=C(O)c1ccc(CCc2ccccc2)cc1I.O=C(O)c1ccc(CCc2ccccc2)cc1NC1CCCCC1. The van der Waals surface area contributed by atoms with Gasteiger partial charge in [-0.05, 0) is 108 Å². The van der Waals surface area contributed by atoms with E-state index in [1.165, 1.54) is 41.5 Å². The Morgan fingerprint density at radius 2 is 1.10 bits per heavy atom. The minimum atomic E-state index is -0.867. The van der Waals surface area contributed by atoms with Gasteiger partial charge in [-0.3, -0.25) is 0 Å². The largest absolute Gasteiger partial charge is 0.478 e. The lowest BCUT2D eigenvalue weighted by Gasteiger charge is -2.25. The van der Waals surface area contributed by atoms with Crippen LogP contribution in [-0.4, -0.2) is 28.2 Å². The van der Waals surface area contributed by atoms with Crippen molar-refractivity contribution in [1.29, 1.82) is 0 Å². The first-order chi connectivity index (χ1) is 20.4. The maximum Gasteiger partial charge on any atom is 0.337 e. The third kappa shape index (κ3) is 9.72. The highest BCUT2D eigenvalue weighted by molar-refractivity contribution is 14.1. The molecule has 0 saturated heterocycles. The number of hydrogen-bond donors (Lipinski definition) is 3. The molecule has 3 N–H and O–H groups in total. The number of anilines is 1. The molecule has 1 aliphatic rings. The van der Waals surface area contributed by atoms with E-state index in [0.717, 1.165) is 47.8 Å². The normalized spacial score (nSPS) is 13.1. The van der Waals surface area contributed by atoms with Crippen molar-refractivity contribution in [2.75, 3.05) is 5.32 Å². The first-order valence-corrected chi connectivity index (χ1v) is 15.7. The van der Waals surface area contributed by atoms with Gasteiger partial charge in [0.2, 0.25) is 0 Å². The van der Waals surface area contributed by atoms with Gasteiger partial charge < -0.3 is 15.5 Å². The molecule has 0 atom stereocenters. The molecule has 6 heteroatoms. The van der Waals surface area contributed by atoms with Crippen LogP contribution in [0.1, 0.15) is 75.1 Å². The van der Waals surface area contributed by atoms with Crippen molar-refractivity contribution < 1.29 is 19.8 Å². The molecule has 0 unspecified atom stereocenters. The number of rotatable bonds is 10. The van der Waals surface area contributed by atoms with E-state index >= 15 is 0 Å². The fraction of sp³-hybridized carbons (Fsp3) is 0.278. The third-order valence-corrected chi connectivity index (χ3v) is 8.53. The van der Waals surface area contributed by atoms with Crippen molar-refractivity contribution in [2.45, 2.75) is 63.8 Å². The fourth-order valence-corrected chi connectivity index (χ4v) is 6.08. The Morgan fingerprint density at radius 3 is 1.60 bits per heavy atom. The summed E-state index contributed by atoms with van der Waals surface area (Å²) in [5.41, 5.74) is 6.50. The molecule has 0 amide bonds. The molecule has 1 saturated carbocycles. The van der Waals surface area contributed by atoms with E-state index in [4.69, 9.17) is 5.11 Å². The standard InChI is InChI=1S/C21H25NO2.C15H13IO2/c23-21(24)19-14-13-17(12-11-16-7-3-1-4-8-16)15-20(19)22-18-9-5-2-6-10-18;16-14-10-12(8-9-13(14)15(17)18)7-6-11-4-2-1-3-5-11/h1,3-4,7-8,13-15,18,22H,2,5-6,9-12H2,(H,23,24);1-5,8-10H,6-7H2,(H,17,18). The van der Waals surface area contributed by atoms with Crippen LogP contribution in [0.4, 0.5) is 5.69 Å². The number of carboxylic acids is 2. The zero-order valence-electron chi connectivity index (χ0n) is 23.8. The number of aryl methyl sites for hydroxylation is 4. The molecule has 0 aromatic heterocycles. The number of carboxylic acid groups (broad SMARTS) is 2. The number of carbonyl (C=O) groups is 2. The zero-order chi connectivity index (χ0) is 29.7. The van der Waals surface area contributed by atoms with Gasteiger partial charge in [-0.25, -0.2) is 9.59 Å². The van der Waals surface area contributed by atoms with E-state index in [1.54, 1.807) is 12.1 Å². The Hall–Kier alpha value is -3.65. The van der Waals surface area contributed by atoms with E-state index in [1.807, 2.05) is 48.5 Å². The van der Waals surface area contributed by atoms with Crippen molar-refractivity contribution >= 4 is 40.2 Å². The van der Waals surface area contributed by atoms with E-state index in [0.29, 0.717) is 17.2 Å². The molecule has 0 bridgehead atoms. The van der Waals surface area contributed by atoms with Gasteiger partial charge in [0.25, 0.3) is 0 Å². The number of benzene rings is 4. The molecule has 5 nitrogen and oxygen atoms in total. The van der Waals surface area contributed by atoms with E-state index in [-0.39, 0.29) is 0 Å². The molecule has 0 radical (unpaired) electrons. The predicted octanol–water partition coefficient (Wildman–Crippen LogP) is 8.69. The van der Waals surface area contributed by atoms with Crippen LogP contribution in [0.2, 0.25) is 0 Å². The summed E-state index contributed by atoms with van der Waals surface area (Å²) >= 11 is 2.07. The Balaban J connectivity index is 0.000000201. The summed E-state index contributed by atoms with van der Waals surface area (Å²) in [7, 11) is 0. The lowest BCUT2D eigenvalue weighted by molar-refractivity contribution is 0.0686. The second kappa shape index (κ2) is 16.1. The molecule has 1 fully saturated rings. The average molecular weight is 676 g/mol. The predicted molar refractivity (Wildman–Crippen MR) is 178 cm³/mol. The number of hydrogen-bond acceptors (Lipinski definition) is 3. The van der Waals surface area contributed by atoms with E-state index < -0.39 is 11.9 Å². The Bertz CT molecular complexity index is 1450. The summed E-state index contributed by atoms with van der Waals surface area (Å²) in [5.74, 6) is -1.73. The monoisotopic (exact) mass is 675 g/mol. The van der Waals surface area contributed by atoms with E-state index in [2.05, 4.69) is 64.3 Å². The second-order valence-corrected chi connectivity index (χ2v) is 11.9. The van der Waals surface area contributed by atoms with Crippen molar-refractivity contribution in [3.05, 3.63) is 134 Å². The topological polar surface area (TPSA) is 86.6 Å². The number of halogens is 1. The van der Waals surface area contributed by atoms with Crippen LogP contribution in [-0.2, 0) is 25.7 Å². The molecule has 1 aliphatic carbocycles. The molecule has 4 aromatic rings. The minimum absolute atomic E-state index is 0.374. The first-order valence-electron chi connectivity index (χ1n) is 14.6. The van der Waals surface area contributed by atoms with Gasteiger partial charge in [0.05, 0.1) is 11.1 Å². The Labute approximate surface area is 262 Å². The van der Waals surface area contributed by atoms with Gasteiger partial charge >= 0.3 is 11.9 Å². The summed E-state index contributed by atoms with van der Waals surface area (Å²) in [5, 5.41) is 21.9. The highest BCUT2D eigenvalue weighted by Gasteiger charge is 2.17. The van der Waals surface area contributed by atoms with Gasteiger partial charge in [0.1, 0.15) is 0 Å². The molecule has 218 valence electrons. The molecule has 42 heavy (non-hydrogen) atoms. The molecule has 0 spiro atoms. The Morgan fingerprint density at radius 1 is 0.619 bits per heavy atom. The van der Waals surface area contributed by atoms with Gasteiger partial charge in [-0.2, -0.15) is 0 Å². The summed E-state index contributed by atoms with van der Waals surface area (Å²) in [4.78, 5) is 22.4. The maximum absolute atomic E-state index is 11.5. The van der Waals surface area contributed by atoms with Gasteiger partial charge in [-0.1, -0.05) is 92.1 Å². The molecule has 4 aromatic carbocycles. The molecular formula is C36H38INO4. The van der Waals surface area contributed by atoms with Gasteiger partial charge in [-0.15, -0.1) is 0 Å². The van der Waals surface area contributed by atoms with Gasteiger partial charge in [0, 0.05) is 15.3 Å². The highest BCUT2D eigenvalue weighted by atomic mass is 127. The molecule has 0 heterocycles. The van der Waals surface area contributed by atoms with Crippen LogP contribution in [0, 0.1) is 3.57 Å². The number of aromatic carboxylic acids is 2.